The lowest BCUT2D eigenvalue weighted by Gasteiger charge is -2.24. The molecule has 0 aliphatic rings. The minimum Gasteiger partial charge on any atom is -0.310 e. The van der Waals surface area contributed by atoms with E-state index in [0.717, 1.165) is 43.8 Å². The van der Waals surface area contributed by atoms with Gasteiger partial charge >= 0.3 is 6.18 Å². The Morgan fingerprint density at radius 3 is 1.48 bits per heavy atom. The number of amides is 2. The second-order valence-corrected chi connectivity index (χ2v) is 19.5. The van der Waals surface area contributed by atoms with Crippen LogP contribution in [0.5, 0.6) is 0 Å². The van der Waals surface area contributed by atoms with Crippen LogP contribution in [-0.2, 0) is 47.9 Å². The molecule has 2 N–H and O–H groups in total. The van der Waals surface area contributed by atoms with Gasteiger partial charge in [-0.2, -0.15) is 18.3 Å². The highest BCUT2D eigenvalue weighted by atomic mass is 32.2. The van der Waals surface area contributed by atoms with Crippen molar-refractivity contribution in [3.05, 3.63) is 94.8 Å². The molecule has 0 radical (unpaired) electrons. The topological polar surface area (TPSA) is 157 Å². The van der Waals surface area contributed by atoms with Crippen molar-refractivity contribution in [1.82, 2.24) is 14.8 Å². The number of alkyl halides is 3. The summed E-state index contributed by atoms with van der Waals surface area (Å²) in [6, 6.07) is 10.6. The molecule has 0 aliphatic carbocycles. The monoisotopic (exact) mass is 799 g/mol. The first-order chi connectivity index (χ1) is 24.4. The van der Waals surface area contributed by atoms with Crippen molar-refractivity contribution in [3.8, 4) is 0 Å². The Kier molecular flexibility index (Phi) is 12.3. The average molecular weight is 800 g/mol. The van der Waals surface area contributed by atoms with Gasteiger partial charge in [0.15, 0.2) is 19.7 Å². The van der Waals surface area contributed by atoms with Crippen molar-refractivity contribution in [2.75, 3.05) is 10.6 Å². The van der Waals surface area contributed by atoms with E-state index in [2.05, 4.69) is 20.7 Å². The zero-order chi connectivity index (χ0) is 41.4. The van der Waals surface area contributed by atoms with Crippen molar-refractivity contribution >= 4 is 43.1 Å². The number of pyridine rings is 1. The second-order valence-electron chi connectivity index (χ2n) is 14.5. The summed E-state index contributed by atoms with van der Waals surface area (Å²) in [7, 11) is -7.03. The van der Waals surface area contributed by atoms with Crippen LogP contribution in [0.15, 0.2) is 70.6 Å². The van der Waals surface area contributed by atoms with Gasteiger partial charge in [-0.25, -0.2) is 30.6 Å². The summed E-state index contributed by atoms with van der Waals surface area (Å²) in [5, 5.41) is 9.11. The highest BCUT2D eigenvalue weighted by molar-refractivity contribution is 7.94. The Morgan fingerprint density at radius 2 is 1.13 bits per heavy atom. The van der Waals surface area contributed by atoms with Crippen LogP contribution >= 0.6 is 0 Å². The number of hydrogen-bond donors (Lipinski definition) is 2. The number of halogens is 5. The van der Waals surface area contributed by atoms with E-state index in [1.807, 2.05) is 20.8 Å². The highest BCUT2D eigenvalue weighted by Crippen LogP contribution is 2.32. The molecule has 4 aromatic rings. The van der Waals surface area contributed by atoms with Gasteiger partial charge in [0, 0.05) is 24.7 Å². The van der Waals surface area contributed by atoms with Crippen LogP contribution in [0.3, 0.4) is 0 Å². The van der Waals surface area contributed by atoms with E-state index >= 15 is 0 Å². The molecule has 54 heavy (non-hydrogen) atoms. The molecule has 0 unspecified atom stereocenters. The molecule has 2 amide bonds. The number of aromatic nitrogens is 3. The van der Waals surface area contributed by atoms with Crippen LogP contribution in [0.25, 0.3) is 0 Å². The largest absolute Gasteiger partial charge is 0.417 e. The van der Waals surface area contributed by atoms with Crippen molar-refractivity contribution in [3.63, 3.8) is 0 Å². The molecule has 0 saturated carbocycles. The molecule has 0 spiro atoms. The minimum absolute atomic E-state index is 0.229. The molecular weight excluding hydrogens is 758 g/mol. The van der Waals surface area contributed by atoms with E-state index in [1.165, 1.54) is 36.7 Å². The van der Waals surface area contributed by atoms with Crippen LogP contribution in [0.2, 0.25) is 0 Å². The third-order valence-electron chi connectivity index (χ3n) is 8.41. The molecular formula is C36H42F5N5O6S2. The van der Waals surface area contributed by atoms with Crippen molar-refractivity contribution in [1.29, 1.82) is 0 Å². The number of sulfone groups is 2. The summed E-state index contributed by atoms with van der Waals surface area (Å²) in [5.41, 5.74) is 0.605. The molecule has 2 heterocycles. The summed E-state index contributed by atoms with van der Waals surface area (Å²) in [5.74, 6) is -3.58. The van der Waals surface area contributed by atoms with E-state index in [1.54, 1.807) is 27.0 Å². The Balaban J connectivity index is 0.000000290. The number of anilines is 2. The van der Waals surface area contributed by atoms with Gasteiger partial charge in [0.25, 0.3) is 0 Å². The van der Waals surface area contributed by atoms with E-state index in [-0.39, 0.29) is 11.2 Å². The van der Waals surface area contributed by atoms with Crippen molar-refractivity contribution in [2.45, 2.75) is 93.2 Å². The first kappa shape index (κ1) is 43.7. The minimum atomic E-state index is -4.60. The zero-order valence-electron chi connectivity index (χ0n) is 31.3. The third-order valence-corrected chi connectivity index (χ3v) is 13.3. The molecule has 294 valence electrons. The number of aryl methyl sites for hydroxylation is 3. The van der Waals surface area contributed by atoms with Gasteiger partial charge in [-0.3, -0.25) is 14.3 Å². The van der Waals surface area contributed by atoms with Gasteiger partial charge in [-0.15, -0.1) is 0 Å². The summed E-state index contributed by atoms with van der Waals surface area (Å²) in [6.45, 7) is 13.8. The van der Waals surface area contributed by atoms with Gasteiger partial charge in [-0.1, -0.05) is 32.9 Å². The molecule has 0 atom stereocenters. The number of nitrogens with one attached hydrogen (secondary N) is 2. The Labute approximate surface area is 311 Å². The lowest BCUT2D eigenvalue weighted by atomic mass is 9.92. The first-order valence-corrected chi connectivity index (χ1v) is 19.1. The van der Waals surface area contributed by atoms with Crippen LogP contribution in [0.1, 0.15) is 70.9 Å². The zero-order valence-corrected chi connectivity index (χ0v) is 32.9. The smallest absolute Gasteiger partial charge is 0.310 e. The molecule has 2 aromatic heterocycles. The van der Waals surface area contributed by atoms with Gasteiger partial charge in [0.05, 0.1) is 11.3 Å². The molecule has 0 saturated heterocycles. The predicted molar refractivity (Wildman–Crippen MR) is 193 cm³/mol. The Morgan fingerprint density at radius 1 is 0.685 bits per heavy atom. The molecule has 18 heteroatoms. The maximum atomic E-state index is 14.2. The average Bonchev–Trinajstić information content (AvgIpc) is 3.41. The summed E-state index contributed by atoms with van der Waals surface area (Å²) < 4.78 is 115. The molecule has 2 aromatic carbocycles. The number of carbonyl (C=O) groups excluding carboxylic acids is 2. The van der Waals surface area contributed by atoms with Crippen LogP contribution < -0.4 is 10.6 Å². The normalized spacial score (nSPS) is 12.8. The van der Waals surface area contributed by atoms with Gasteiger partial charge in [0.2, 0.25) is 11.8 Å². The lowest BCUT2D eigenvalue weighted by Crippen LogP contribution is -2.45. The van der Waals surface area contributed by atoms with Crippen LogP contribution in [0, 0.1) is 25.5 Å². The van der Waals surface area contributed by atoms with E-state index in [0.29, 0.717) is 29.2 Å². The number of nitrogens with zero attached hydrogens (tertiary/aromatic N) is 3. The molecule has 4 rings (SSSR count). The number of carbonyl (C=O) groups is 2. The Hall–Kier alpha value is -4.71. The van der Waals surface area contributed by atoms with Crippen LogP contribution in [0.4, 0.5) is 33.6 Å². The quantitative estimate of drug-likeness (QED) is 0.179. The number of hydrogen-bond acceptors (Lipinski definition) is 8. The predicted octanol–water partition coefficient (Wildman–Crippen LogP) is 7.10. The fraction of sp³-hybridized carbons (Fsp3) is 0.389. The van der Waals surface area contributed by atoms with Crippen molar-refractivity contribution < 1.29 is 48.4 Å². The fourth-order valence-electron chi connectivity index (χ4n) is 4.56. The maximum absolute atomic E-state index is 14.2. The van der Waals surface area contributed by atoms with E-state index in [9.17, 15) is 48.4 Å². The SMILES string of the molecule is Cc1ccc(S(=O)(=O)C(C)(C)C(=O)Nc2cc(C(C)(C)C)nn2C)c(F)c1.Cc1ccc(S(=O)(=O)C(C)(C)C(=O)Nc2ccc(C(F)(F)F)cn2)c(F)c1. The van der Waals surface area contributed by atoms with Crippen molar-refractivity contribution in [2.24, 2.45) is 7.05 Å². The lowest BCUT2D eigenvalue weighted by molar-refractivity contribution is -0.137. The van der Waals surface area contributed by atoms with Gasteiger partial charge in [-0.05, 0) is 89.1 Å². The Bertz CT molecular complexity index is 2280. The molecule has 11 nitrogen and oxygen atoms in total. The summed E-state index contributed by atoms with van der Waals surface area (Å²) in [6.07, 6.45) is -4.09. The summed E-state index contributed by atoms with van der Waals surface area (Å²) >= 11 is 0. The first-order valence-electron chi connectivity index (χ1n) is 16.2. The van der Waals surface area contributed by atoms with Gasteiger partial charge < -0.3 is 10.6 Å². The molecule has 0 fully saturated rings. The number of benzene rings is 2. The second kappa shape index (κ2) is 15.2. The maximum Gasteiger partial charge on any atom is 0.417 e. The van der Waals surface area contributed by atoms with E-state index < -0.39 is 74.1 Å². The number of rotatable bonds is 8. The van der Waals surface area contributed by atoms with Gasteiger partial charge in [0.1, 0.15) is 42.6 Å². The van der Waals surface area contributed by atoms with E-state index in [4.69, 9.17) is 0 Å². The third kappa shape index (κ3) is 9.14. The fourth-order valence-corrected chi connectivity index (χ4v) is 7.38. The molecule has 0 aliphatic heterocycles. The standard InChI is InChI=1S/C19H26FN3O3S.C17H16F4N2O3S/c1-12-8-9-14(13(20)10-12)27(25,26)19(5,6)17(24)21-16-11-15(18(2,3)4)22-23(16)7;1-10-4-6-13(12(18)8-10)27(25,26)16(2,3)15(24)23-14-7-5-11(9-22-14)17(19,20)21/h8-11H,1-7H3,(H,21,24);4-9H,1-3H3,(H,22,23,24). The highest BCUT2D eigenvalue weighted by Gasteiger charge is 2.45. The van der Waals surface area contributed by atoms with Crippen LogP contribution in [-0.4, -0.2) is 52.9 Å². The molecule has 0 bridgehead atoms. The summed E-state index contributed by atoms with van der Waals surface area (Å²) in [4.78, 5) is 27.6.